The van der Waals surface area contributed by atoms with Crippen molar-refractivity contribution in [2.75, 3.05) is 39.6 Å². The maximum atomic E-state index is 5.22. The molecule has 0 rings (SSSR count). The maximum absolute atomic E-state index is 5.22. The van der Waals surface area contributed by atoms with Crippen LogP contribution < -0.4 is 0 Å². The van der Waals surface area contributed by atoms with E-state index in [2.05, 4.69) is 0 Å². The summed E-state index contributed by atoms with van der Waals surface area (Å²) >= 11 is 0. The second kappa shape index (κ2) is 10.9. The Morgan fingerprint density at radius 2 is 1.33 bits per heavy atom. The highest BCUT2D eigenvalue weighted by atomic mass is 16.5. The van der Waals surface area contributed by atoms with Crippen LogP contribution in [0.25, 0.3) is 0 Å². The van der Waals surface area contributed by atoms with Crippen LogP contribution in [0.15, 0.2) is 0 Å². The van der Waals surface area contributed by atoms with E-state index in [4.69, 9.17) is 21.1 Å². The van der Waals surface area contributed by atoms with Crippen LogP contribution in [-0.4, -0.2) is 39.6 Å². The van der Waals surface area contributed by atoms with Crippen molar-refractivity contribution in [1.29, 1.82) is 0 Å². The molecule has 0 aliphatic rings. The Hall–Kier alpha value is -0.120. The van der Waals surface area contributed by atoms with Gasteiger partial charge in [-0.1, -0.05) is 0 Å². The predicted molar refractivity (Wildman–Crippen MR) is 47.0 cm³/mol. The van der Waals surface area contributed by atoms with Gasteiger partial charge in [0.25, 0.3) is 0 Å². The summed E-state index contributed by atoms with van der Waals surface area (Å²) in [6.07, 6.45) is 0.568. The van der Waals surface area contributed by atoms with Crippen LogP contribution in [0.2, 0.25) is 0 Å². The van der Waals surface area contributed by atoms with E-state index in [-0.39, 0.29) is 0 Å². The molecule has 0 atom stereocenters. The van der Waals surface area contributed by atoms with E-state index in [0.29, 0.717) is 39.5 Å². The second-order valence-corrected chi connectivity index (χ2v) is 2.21. The van der Waals surface area contributed by atoms with Crippen molar-refractivity contribution in [3.05, 3.63) is 6.92 Å². The third kappa shape index (κ3) is 9.88. The summed E-state index contributed by atoms with van der Waals surface area (Å²) < 4.78 is 15.4. The molecule has 0 N–H and O–H groups in total. The topological polar surface area (TPSA) is 27.7 Å². The molecule has 3 nitrogen and oxygen atoms in total. The summed E-state index contributed by atoms with van der Waals surface area (Å²) in [7, 11) is 0. The first-order chi connectivity index (χ1) is 5.91. The zero-order valence-corrected chi connectivity index (χ0v) is 7.75. The smallest absolute Gasteiger partial charge is 0.0701 e. The van der Waals surface area contributed by atoms with Gasteiger partial charge in [0.1, 0.15) is 0 Å². The molecule has 0 amide bonds. The fourth-order valence-corrected chi connectivity index (χ4v) is 0.667. The van der Waals surface area contributed by atoms with Crippen molar-refractivity contribution in [3.8, 4) is 0 Å². The van der Waals surface area contributed by atoms with E-state index in [1.54, 1.807) is 0 Å². The Morgan fingerprint density at radius 3 is 1.83 bits per heavy atom. The molecule has 0 aliphatic carbocycles. The third-order valence-corrected chi connectivity index (χ3v) is 1.21. The fourth-order valence-electron chi connectivity index (χ4n) is 0.667. The normalized spacial score (nSPS) is 10.5. The molecular formula is C9H18O3. The van der Waals surface area contributed by atoms with Gasteiger partial charge in [-0.25, -0.2) is 0 Å². The van der Waals surface area contributed by atoms with Crippen molar-refractivity contribution in [2.24, 2.45) is 0 Å². The minimum atomic E-state index is 0.568. The van der Waals surface area contributed by atoms with Gasteiger partial charge < -0.3 is 14.2 Å². The van der Waals surface area contributed by atoms with E-state index < -0.39 is 0 Å². The van der Waals surface area contributed by atoms with Gasteiger partial charge >= 0.3 is 0 Å². The molecule has 0 fully saturated rings. The molecule has 12 heavy (non-hydrogen) atoms. The Bertz CT molecular complexity index is 66.2. The highest BCUT2D eigenvalue weighted by Crippen LogP contribution is 1.82. The standard InChI is InChI=1S/C9H18O3/c1-3-5-11-8-9-12-7-6-10-4-2/h1H,3-9H2,2H3. The molecule has 0 aliphatic heterocycles. The van der Waals surface area contributed by atoms with Crippen molar-refractivity contribution in [2.45, 2.75) is 13.3 Å². The van der Waals surface area contributed by atoms with Gasteiger partial charge in [0.05, 0.1) is 26.4 Å². The summed E-state index contributed by atoms with van der Waals surface area (Å²) in [6, 6.07) is 0. The quantitative estimate of drug-likeness (QED) is 0.491. The highest BCUT2D eigenvalue weighted by molar-refractivity contribution is 4.36. The number of hydrogen-bond acceptors (Lipinski definition) is 3. The lowest BCUT2D eigenvalue weighted by Gasteiger charge is -2.04. The fraction of sp³-hybridized carbons (Fsp3) is 0.889. The Labute approximate surface area is 75.0 Å². The molecule has 0 heterocycles. The average molecular weight is 174 g/mol. The number of rotatable bonds is 9. The van der Waals surface area contributed by atoms with Crippen LogP contribution in [0.5, 0.6) is 0 Å². The van der Waals surface area contributed by atoms with Gasteiger partial charge in [-0.05, 0) is 20.3 Å². The SMILES string of the molecule is [CH]CCOCCOCCOCC. The Balaban J connectivity index is 2.73. The van der Waals surface area contributed by atoms with Crippen molar-refractivity contribution in [1.82, 2.24) is 0 Å². The molecule has 0 saturated heterocycles. The van der Waals surface area contributed by atoms with Crippen LogP contribution in [0, 0.1) is 6.92 Å². The molecular weight excluding hydrogens is 156 g/mol. The lowest BCUT2D eigenvalue weighted by molar-refractivity contribution is 0.0177. The third-order valence-electron chi connectivity index (χ3n) is 1.21. The molecule has 0 aromatic carbocycles. The predicted octanol–water partition coefficient (Wildman–Crippen LogP) is 1.16. The second-order valence-electron chi connectivity index (χ2n) is 2.21. The van der Waals surface area contributed by atoms with Gasteiger partial charge in [0.15, 0.2) is 0 Å². The lowest BCUT2D eigenvalue weighted by Crippen LogP contribution is -2.09. The lowest BCUT2D eigenvalue weighted by atomic mass is 10.5. The molecule has 0 aromatic heterocycles. The molecule has 3 heteroatoms. The van der Waals surface area contributed by atoms with Crippen LogP contribution in [0.3, 0.4) is 0 Å². The van der Waals surface area contributed by atoms with E-state index >= 15 is 0 Å². The molecule has 0 bridgehead atoms. The zero-order valence-electron chi connectivity index (χ0n) is 7.75. The van der Waals surface area contributed by atoms with E-state index in [0.717, 1.165) is 6.61 Å². The van der Waals surface area contributed by atoms with Crippen molar-refractivity contribution < 1.29 is 14.2 Å². The van der Waals surface area contributed by atoms with Gasteiger partial charge in [-0.2, -0.15) is 0 Å². The monoisotopic (exact) mass is 174 g/mol. The summed E-state index contributed by atoms with van der Waals surface area (Å²) in [5.74, 6) is 0. The van der Waals surface area contributed by atoms with Gasteiger partial charge in [-0.15, -0.1) is 0 Å². The maximum Gasteiger partial charge on any atom is 0.0701 e. The van der Waals surface area contributed by atoms with E-state index in [1.165, 1.54) is 0 Å². The zero-order chi connectivity index (χ0) is 9.07. The van der Waals surface area contributed by atoms with Crippen molar-refractivity contribution in [3.63, 3.8) is 0 Å². The minimum absolute atomic E-state index is 0.568. The molecule has 0 spiro atoms. The van der Waals surface area contributed by atoms with E-state index in [1.807, 2.05) is 6.92 Å². The van der Waals surface area contributed by atoms with Crippen LogP contribution in [0.4, 0.5) is 0 Å². The molecule has 0 aromatic rings. The first-order valence-electron chi connectivity index (χ1n) is 4.35. The van der Waals surface area contributed by atoms with Gasteiger partial charge in [0.2, 0.25) is 0 Å². The van der Waals surface area contributed by atoms with E-state index in [9.17, 15) is 0 Å². The highest BCUT2D eigenvalue weighted by Gasteiger charge is 1.88. The Kier molecular flexibility index (Phi) is 10.8. The summed E-state index contributed by atoms with van der Waals surface area (Å²) in [6.45, 7) is 11.1. The van der Waals surface area contributed by atoms with Gasteiger partial charge in [-0.3, -0.25) is 0 Å². The molecule has 0 saturated carbocycles. The average Bonchev–Trinajstić information content (AvgIpc) is 2.10. The summed E-state index contributed by atoms with van der Waals surface area (Å²) in [5.41, 5.74) is 0. The van der Waals surface area contributed by atoms with Crippen LogP contribution in [-0.2, 0) is 14.2 Å². The molecule has 72 valence electrons. The van der Waals surface area contributed by atoms with Crippen molar-refractivity contribution >= 4 is 0 Å². The number of ether oxygens (including phenoxy) is 3. The van der Waals surface area contributed by atoms with Crippen LogP contribution >= 0.6 is 0 Å². The summed E-state index contributed by atoms with van der Waals surface area (Å²) in [4.78, 5) is 0. The minimum Gasteiger partial charge on any atom is -0.379 e. The van der Waals surface area contributed by atoms with Crippen LogP contribution in [0.1, 0.15) is 13.3 Å². The first-order valence-corrected chi connectivity index (χ1v) is 4.35. The largest absolute Gasteiger partial charge is 0.379 e. The summed E-state index contributed by atoms with van der Waals surface area (Å²) in [5, 5.41) is 0. The molecule has 2 radical (unpaired) electrons. The number of hydrogen-bond donors (Lipinski definition) is 0. The molecule has 0 unspecified atom stereocenters. The van der Waals surface area contributed by atoms with Gasteiger partial charge in [0, 0.05) is 13.2 Å². The Morgan fingerprint density at radius 1 is 0.833 bits per heavy atom. The first kappa shape index (κ1) is 11.9.